The van der Waals surface area contributed by atoms with Crippen LogP contribution in [0, 0.1) is 6.92 Å². The number of hydrogen-bond donors (Lipinski definition) is 1. The average Bonchev–Trinajstić information content (AvgIpc) is 2.94. The lowest BCUT2D eigenvalue weighted by molar-refractivity contribution is -0.120. The number of nitrogens with zero attached hydrogens (tertiary/aromatic N) is 2. The van der Waals surface area contributed by atoms with Crippen molar-refractivity contribution in [1.29, 1.82) is 0 Å². The fourth-order valence-electron chi connectivity index (χ4n) is 2.89. The molecule has 24 heavy (non-hydrogen) atoms. The topological polar surface area (TPSA) is 46.9 Å². The van der Waals surface area contributed by atoms with Gasteiger partial charge in [0, 0.05) is 25.9 Å². The molecule has 3 rings (SSSR count). The minimum Gasteiger partial charge on any atom is -0.356 e. The van der Waals surface area contributed by atoms with Gasteiger partial charge in [-0.2, -0.15) is 0 Å². The van der Waals surface area contributed by atoms with Gasteiger partial charge in [0.1, 0.15) is 5.82 Å². The molecule has 0 unspecified atom stereocenters. The van der Waals surface area contributed by atoms with Crippen LogP contribution in [-0.4, -0.2) is 22.0 Å². The zero-order chi connectivity index (χ0) is 16.9. The summed E-state index contributed by atoms with van der Waals surface area (Å²) < 4.78 is 2.26. The van der Waals surface area contributed by atoms with Crippen LogP contribution >= 0.6 is 0 Å². The van der Waals surface area contributed by atoms with Gasteiger partial charge in [-0.1, -0.05) is 43.3 Å². The highest BCUT2D eigenvalue weighted by molar-refractivity contribution is 5.76. The van der Waals surface area contributed by atoms with E-state index in [4.69, 9.17) is 4.98 Å². The maximum absolute atomic E-state index is 11.5. The molecule has 1 aromatic heterocycles. The quantitative estimate of drug-likeness (QED) is 0.756. The molecule has 0 bridgehead atoms. The van der Waals surface area contributed by atoms with Crippen LogP contribution in [0.5, 0.6) is 0 Å². The Labute approximate surface area is 142 Å². The van der Waals surface area contributed by atoms with Crippen molar-refractivity contribution in [2.45, 2.75) is 33.2 Å². The molecule has 0 aliphatic rings. The molecule has 1 N–H and O–H groups in total. The van der Waals surface area contributed by atoms with Gasteiger partial charge in [-0.25, -0.2) is 4.98 Å². The number of fused-ring (bicyclic) bond motifs is 1. The highest BCUT2D eigenvalue weighted by Crippen LogP contribution is 2.19. The van der Waals surface area contributed by atoms with Crippen molar-refractivity contribution >= 4 is 16.9 Å². The Hall–Kier alpha value is -2.62. The van der Waals surface area contributed by atoms with Gasteiger partial charge in [-0.15, -0.1) is 0 Å². The number of imidazole rings is 1. The molecule has 0 fully saturated rings. The molecule has 3 aromatic rings. The SMILES string of the molecule is CCC(=O)NCCc1nc2ccccc2n1Cc1ccccc1C. The highest BCUT2D eigenvalue weighted by atomic mass is 16.1. The van der Waals surface area contributed by atoms with Crippen molar-refractivity contribution in [1.82, 2.24) is 14.9 Å². The minimum atomic E-state index is 0.0802. The zero-order valence-electron chi connectivity index (χ0n) is 14.2. The predicted octanol–water partition coefficient (Wildman–Crippen LogP) is 3.46. The van der Waals surface area contributed by atoms with Gasteiger partial charge in [-0.3, -0.25) is 4.79 Å². The van der Waals surface area contributed by atoms with Crippen LogP contribution < -0.4 is 5.32 Å². The first-order valence-corrected chi connectivity index (χ1v) is 8.44. The average molecular weight is 321 g/mol. The number of rotatable bonds is 6. The molecule has 4 nitrogen and oxygen atoms in total. The molecule has 0 aliphatic carbocycles. The van der Waals surface area contributed by atoms with E-state index < -0.39 is 0 Å². The van der Waals surface area contributed by atoms with Crippen LogP contribution in [0.4, 0.5) is 0 Å². The number of aryl methyl sites for hydroxylation is 1. The zero-order valence-corrected chi connectivity index (χ0v) is 14.2. The summed E-state index contributed by atoms with van der Waals surface area (Å²) in [4.78, 5) is 16.2. The number of amides is 1. The second-order valence-electron chi connectivity index (χ2n) is 5.98. The van der Waals surface area contributed by atoms with Gasteiger partial charge in [-0.05, 0) is 30.2 Å². The fourth-order valence-corrected chi connectivity index (χ4v) is 2.89. The van der Waals surface area contributed by atoms with Gasteiger partial charge in [0.15, 0.2) is 0 Å². The molecule has 124 valence electrons. The molecular weight excluding hydrogens is 298 g/mol. The molecule has 4 heteroatoms. The molecule has 2 aromatic carbocycles. The highest BCUT2D eigenvalue weighted by Gasteiger charge is 2.11. The lowest BCUT2D eigenvalue weighted by Crippen LogP contribution is -2.25. The molecular formula is C20H23N3O. The Bertz CT molecular complexity index is 851. The summed E-state index contributed by atoms with van der Waals surface area (Å²) in [6.45, 7) is 5.41. The summed E-state index contributed by atoms with van der Waals surface area (Å²) in [6.07, 6.45) is 1.24. The van der Waals surface area contributed by atoms with E-state index in [1.165, 1.54) is 11.1 Å². The lowest BCUT2D eigenvalue weighted by Gasteiger charge is -2.12. The molecule has 0 saturated heterocycles. The first kappa shape index (κ1) is 16.2. The molecule has 1 heterocycles. The van der Waals surface area contributed by atoms with E-state index >= 15 is 0 Å². The first-order chi connectivity index (χ1) is 11.7. The smallest absolute Gasteiger partial charge is 0.219 e. The number of benzene rings is 2. The Kier molecular flexibility index (Phi) is 4.94. The van der Waals surface area contributed by atoms with Gasteiger partial charge in [0.25, 0.3) is 0 Å². The number of carbonyl (C=O) groups excluding carboxylic acids is 1. The number of hydrogen-bond acceptors (Lipinski definition) is 2. The van der Waals surface area contributed by atoms with Crippen LogP contribution in [0.1, 0.15) is 30.3 Å². The summed E-state index contributed by atoms with van der Waals surface area (Å²) >= 11 is 0. The van der Waals surface area contributed by atoms with E-state index in [1.54, 1.807) is 0 Å². The summed E-state index contributed by atoms with van der Waals surface area (Å²) in [5.74, 6) is 1.09. The van der Waals surface area contributed by atoms with Crippen molar-refractivity contribution in [2.24, 2.45) is 0 Å². The Morgan fingerprint density at radius 2 is 1.88 bits per heavy atom. The predicted molar refractivity (Wildman–Crippen MR) is 97.0 cm³/mol. The van der Waals surface area contributed by atoms with Gasteiger partial charge < -0.3 is 9.88 Å². The van der Waals surface area contributed by atoms with Crippen LogP contribution in [0.2, 0.25) is 0 Å². The van der Waals surface area contributed by atoms with Crippen molar-refractivity contribution in [3.8, 4) is 0 Å². The summed E-state index contributed by atoms with van der Waals surface area (Å²) in [5, 5.41) is 2.94. The molecule has 0 saturated carbocycles. The van der Waals surface area contributed by atoms with Crippen LogP contribution in [0.25, 0.3) is 11.0 Å². The van der Waals surface area contributed by atoms with Gasteiger partial charge in [0.2, 0.25) is 5.91 Å². The van der Waals surface area contributed by atoms with E-state index in [1.807, 2.05) is 25.1 Å². The van der Waals surface area contributed by atoms with Crippen molar-refractivity contribution in [3.05, 3.63) is 65.5 Å². The Morgan fingerprint density at radius 3 is 2.67 bits per heavy atom. The molecule has 0 spiro atoms. The van der Waals surface area contributed by atoms with E-state index in [0.29, 0.717) is 13.0 Å². The van der Waals surface area contributed by atoms with Crippen molar-refractivity contribution < 1.29 is 4.79 Å². The molecule has 1 amide bonds. The lowest BCUT2D eigenvalue weighted by atomic mass is 10.1. The van der Waals surface area contributed by atoms with Crippen molar-refractivity contribution in [2.75, 3.05) is 6.54 Å². The number of carbonyl (C=O) groups is 1. The van der Waals surface area contributed by atoms with E-state index in [0.717, 1.165) is 29.8 Å². The summed E-state index contributed by atoms with van der Waals surface area (Å²) in [5.41, 5.74) is 4.71. The minimum absolute atomic E-state index is 0.0802. The normalized spacial score (nSPS) is 10.9. The maximum atomic E-state index is 11.5. The summed E-state index contributed by atoms with van der Waals surface area (Å²) in [6, 6.07) is 16.6. The third-order valence-electron chi connectivity index (χ3n) is 4.32. The van der Waals surface area contributed by atoms with Gasteiger partial charge >= 0.3 is 0 Å². The second kappa shape index (κ2) is 7.30. The first-order valence-electron chi connectivity index (χ1n) is 8.44. The second-order valence-corrected chi connectivity index (χ2v) is 5.98. The fraction of sp³-hybridized carbons (Fsp3) is 0.300. The van der Waals surface area contributed by atoms with E-state index in [9.17, 15) is 4.79 Å². The number of aromatic nitrogens is 2. The van der Waals surface area contributed by atoms with E-state index in [2.05, 4.69) is 47.1 Å². The number of para-hydroxylation sites is 2. The third-order valence-corrected chi connectivity index (χ3v) is 4.32. The van der Waals surface area contributed by atoms with Crippen molar-refractivity contribution in [3.63, 3.8) is 0 Å². The summed E-state index contributed by atoms with van der Waals surface area (Å²) in [7, 11) is 0. The molecule has 0 aliphatic heterocycles. The van der Waals surface area contributed by atoms with Crippen LogP contribution in [0.3, 0.4) is 0 Å². The standard InChI is InChI=1S/C20H23N3O/c1-3-20(24)21-13-12-19-22-17-10-6-7-11-18(17)23(19)14-16-9-5-4-8-15(16)2/h4-11H,3,12-14H2,1-2H3,(H,21,24). The Balaban J connectivity index is 1.90. The Morgan fingerprint density at radius 1 is 1.12 bits per heavy atom. The molecule has 0 radical (unpaired) electrons. The third kappa shape index (κ3) is 3.48. The molecule has 0 atom stereocenters. The maximum Gasteiger partial charge on any atom is 0.219 e. The van der Waals surface area contributed by atoms with Crippen LogP contribution in [-0.2, 0) is 17.8 Å². The largest absolute Gasteiger partial charge is 0.356 e. The van der Waals surface area contributed by atoms with Crippen LogP contribution in [0.15, 0.2) is 48.5 Å². The van der Waals surface area contributed by atoms with Gasteiger partial charge in [0.05, 0.1) is 11.0 Å². The monoisotopic (exact) mass is 321 g/mol. The van der Waals surface area contributed by atoms with E-state index in [-0.39, 0.29) is 5.91 Å². The number of nitrogens with one attached hydrogen (secondary N) is 1.